The standard InChI is InChI=1S/C12H16N4O2/c13-3-5-18-6-4-14-12(17)9-1-2-10-11(7-9)16-8-15-10/h1-2,7-8H,3-6,13H2,(H,14,17)(H,15,16). The molecule has 0 unspecified atom stereocenters. The molecule has 0 aliphatic rings. The number of carbonyl (C=O) groups excluding carboxylic acids is 1. The molecule has 0 saturated heterocycles. The van der Waals surface area contributed by atoms with Gasteiger partial charge >= 0.3 is 0 Å². The van der Waals surface area contributed by atoms with Crippen LogP contribution in [0.4, 0.5) is 0 Å². The van der Waals surface area contributed by atoms with Gasteiger partial charge in [-0.3, -0.25) is 4.79 Å². The van der Waals surface area contributed by atoms with E-state index in [1.807, 2.05) is 6.07 Å². The fraction of sp³-hybridized carbons (Fsp3) is 0.333. The van der Waals surface area contributed by atoms with Crippen molar-refractivity contribution in [3.8, 4) is 0 Å². The molecule has 1 amide bonds. The van der Waals surface area contributed by atoms with Crippen LogP contribution in [0.1, 0.15) is 10.4 Å². The van der Waals surface area contributed by atoms with E-state index in [1.165, 1.54) is 0 Å². The van der Waals surface area contributed by atoms with E-state index in [-0.39, 0.29) is 5.91 Å². The Morgan fingerprint density at radius 2 is 2.33 bits per heavy atom. The topological polar surface area (TPSA) is 93.0 Å². The Balaban J connectivity index is 1.88. The number of nitrogens with one attached hydrogen (secondary N) is 2. The van der Waals surface area contributed by atoms with Gasteiger partial charge in [-0.2, -0.15) is 0 Å². The number of H-pyrrole nitrogens is 1. The lowest BCUT2D eigenvalue weighted by Crippen LogP contribution is -2.27. The molecule has 1 heterocycles. The lowest BCUT2D eigenvalue weighted by atomic mass is 10.2. The van der Waals surface area contributed by atoms with Crippen LogP contribution in [0.5, 0.6) is 0 Å². The molecule has 0 aliphatic carbocycles. The number of aromatic nitrogens is 2. The Morgan fingerprint density at radius 3 is 3.17 bits per heavy atom. The average molecular weight is 248 g/mol. The first kappa shape index (κ1) is 12.5. The number of fused-ring (bicyclic) bond motifs is 1. The number of ether oxygens (including phenoxy) is 1. The van der Waals surface area contributed by atoms with Crippen LogP contribution in [-0.2, 0) is 4.74 Å². The highest BCUT2D eigenvalue weighted by Gasteiger charge is 2.06. The number of benzene rings is 1. The molecule has 2 rings (SSSR count). The molecule has 0 saturated carbocycles. The monoisotopic (exact) mass is 248 g/mol. The first-order chi connectivity index (χ1) is 8.81. The average Bonchev–Trinajstić information content (AvgIpc) is 2.85. The molecule has 0 bridgehead atoms. The van der Waals surface area contributed by atoms with Gasteiger partial charge in [0.15, 0.2) is 0 Å². The zero-order valence-electron chi connectivity index (χ0n) is 9.98. The van der Waals surface area contributed by atoms with Gasteiger partial charge in [0.25, 0.3) is 5.91 Å². The molecule has 96 valence electrons. The maximum absolute atomic E-state index is 11.8. The van der Waals surface area contributed by atoms with Crippen LogP contribution < -0.4 is 11.1 Å². The van der Waals surface area contributed by atoms with Crippen LogP contribution in [0.25, 0.3) is 11.0 Å². The summed E-state index contributed by atoms with van der Waals surface area (Å²) in [6.45, 7) is 1.94. The van der Waals surface area contributed by atoms with Gasteiger partial charge in [0.05, 0.1) is 30.6 Å². The maximum atomic E-state index is 11.8. The van der Waals surface area contributed by atoms with Crippen LogP contribution in [0.15, 0.2) is 24.5 Å². The lowest BCUT2D eigenvalue weighted by Gasteiger charge is -2.05. The maximum Gasteiger partial charge on any atom is 0.251 e. The SMILES string of the molecule is NCCOCCNC(=O)c1ccc2nc[nH]c2c1. The summed E-state index contributed by atoms with van der Waals surface area (Å²) in [5.74, 6) is -0.122. The Morgan fingerprint density at radius 1 is 1.44 bits per heavy atom. The first-order valence-electron chi connectivity index (χ1n) is 5.80. The third kappa shape index (κ3) is 3.06. The second-order valence-corrected chi connectivity index (χ2v) is 3.79. The summed E-state index contributed by atoms with van der Waals surface area (Å²) in [5, 5.41) is 2.78. The normalized spacial score (nSPS) is 10.7. The summed E-state index contributed by atoms with van der Waals surface area (Å²) < 4.78 is 5.17. The van der Waals surface area contributed by atoms with Crippen molar-refractivity contribution in [2.45, 2.75) is 0 Å². The number of rotatable bonds is 6. The third-order valence-electron chi connectivity index (χ3n) is 2.48. The Bertz CT molecular complexity index is 524. The van der Waals surface area contributed by atoms with Gasteiger partial charge < -0.3 is 20.8 Å². The van der Waals surface area contributed by atoms with Crippen molar-refractivity contribution in [3.63, 3.8) is 0 Å². The van der Waals surface area contributed by atoms with E-state index in [4.69, 9.17) is 10.5 Å². The zero-order chi connectivity index (χ0) is 12.8. The predicted octanol–water partition coefficient (Wildman–Crippen LogP) is 0.268. The molecule has 1 aromatic carbocycles. The van der Waals surface area contributed by atoms with Crippen molar-refractivity contribution in [1.82, 2.24) is 15.3 Å². The number of amides is 1. The quantitative estimate of drug-likeness (QED) is 0.640. The summed E-state index contributed by atoms with van der Waals surface area (Å²) in [4.78, 5) is 18.9. The smallest absolute Gasteiger partial charge is 0.251 e. The molecule has 6 nitrogen and oxygen atoms in total. The second kappa shape index (κ2) is 6.13. The van der Waals surface area contributed by atoms with Crippen molar-refractivity contribution >= 4 is 16.9 Å². The largest absolute Gasteiger partial charge is 0.378 e. The van der Waals surface area contributed by atoms with E-state index in [9.17, 15) is 4.79 Å². The van der Waals surface area contributed by atoms with E-state index in [0.717, 1.165) is 11.0 Å². The van der Waals surface area contributed by atoms with Crippen LogP contribution in [0.3, 0.4) is 0 Å². The van der Waals surface area contributed by atoms with E-state index in [1.54, 1.807) is 18.5 Å². The molecular weight excluding hydrogens is 232 g/mol. The number of hydrogen-bond acceptors (Lipinski definition) is 4. The first-order valence-corrected chi connectivity index (χ1v) is 5.80. The van der Waals surface area contributed by atoms with Gasteiger partial charge in [-0.15, -0.1) is 0 Å². The molecular formula is C12H16N4O2. The van der Waals surface area contributed by atoms with Gasteiger partial charge in [0.1, 0.15) is 0 Å². The number of nitrogens with two attached hydrogens (primary N) is 1. The van der Waals surface area contributed by atoms with E-state index >= 15 is 0 Å². The third-order valence-corrected chi connectivity index (χ3v) is 2.48. The minimum atomic E-state index is -0.122. The zero-order valence-corrected chi connectivity index (χ0v) is 9.98. The number of carbonyl (C=O) groups is 1. The molecule has 0 radical (unpaired) electrons. The molecule has 2 aromatic rings. The van der Waals surface area contributed by atoms with Crippen LogP contribution in [0, 0.1) is 0 Å². The molecule has 6 heteroatoms. The highest BCUT2D eigenvalue weighted by molar-refractivity contribution is 5.97. The number of aromatic amines is 1. The Labute approximate surface area is 105 Å². The molecule has 18 heavy (non-hydrogen) atoms. The fourth-order valence-electron chi connectivity index (χ4n) is 1.60. The van der Waals surface area contributed by atoms with E-state index in [0.29, 0.717) is 31.9 Å². The highest BCUT2D eigenvalue weighted by Crippen LogP contribution is 2.11. The van der Waals surface area contributed by atoms with Crippen molar-refractivity contribution in [3.05, 3.63) is 30.1 Å². The van der Waals surface area contributed by atoms with Gasteiger partial charge in [-0.25, -0.2) is 4.98 Å². The lowest BCUT2D eigenvalue weighted by molar-refractivity contribution is 0.0920. The summed E-state index contributed by atoms with van der Waals surface area (Å²) >= 11 is 0. The highest BCUT2D eigenvalue weighted by atomic mass is 16.5. The van der Waals surface area contributed by atoms with Crippen LogP contribution in [-0.4, -0.2) is 42.2 Å². The van der Waals surface area contributed by atoms with Gasteiger partial charge in [0.2, 0.25) is 0 Å². The van der Waals surface area contributed by atoms with E-state index in [2.05, 4.69) is 15.3 Å². The van der Waals surface area contributed by atoms with Crippen LogP contribution in [0.2, 0.25) is 0 Å². The number of imidazole rings is 1. The number of hydrogen-bond donors (Lipinski definition) is 3. The number of nitrogens with zero attached hydrogens (tertiary/aromatic N) is 1. The van der Waals surface area contributed by atoms with Gasteiger partial charge in [0, 0.05) is 18.7 Å². The molecule has 0 atom stereocenters. The molecule has 0 aliphatic heterocycles. The molecule has 0 fully saturated rings. The van der Waals surface area contributed by atoms with Crippen LogP contribution >= 0.6 is 0 Å². The van der Waals surface area contributed by atoms with Gasteiger partial charge in [-0.05, 0) is 18.2 Å². The van der Waals surface area contributed by atoms with Crippen molar-refractivity contribution in [2.24, 2.45) is 5.73 Å². The van der Waals surface area contributed by atoms with E-state index < -0.39 is 0 Å². The Hall–Kier alpha value is -1.92. The minimum Gasteiger partial charge on any atom is -0.378 e. The Kier molecular flexibility index (Phi) is 4.27. The minimum absolute atomic E-state index is 0.122. The second-order valence-electron chi connectivity index (χ2n) is 3.79. The molecule has 4 N–H and O–H groups in total. The summed E-state index contributed by atoms with van der Waals surface area (Å²) in [7, 11) is 0. The predicted molar refractivity (Wildman–Crippen MR) is 68.3 cm³/mol. The van der Waals surface area contributed by atoms with Gasteiger partial charge in [-0.1, -0.05) is 0 Å². The molecule has 1 aromatic heterocycles. The van der Waals surface area contributed by atoms with Crippen molar-refractivity contribution in [2.75, 3.05) is 26.3 Å². The summed E-state index contributed by atoms with van der Waals surface area (Å²) in [5.41, 5.74) is 7.58. The molecule has 0 spiro atoms. The summed E-state index contributed by atoms with van der Waals surface area (Å²) in [6.07, 6.45) is 1.60. The van der Waals surface area contributed by atoms with Crippen molar-refractivity contribution in [1.29, 1.82) is 0 Å². The summed E-state index contributed by atoms with van der Waals surface area (Å²) in [6, 6.07) is 5.34. The van der Waals surface area contributed by atoms with Crippen molar-refractivity contribution < 1.29 is 9.53 Å². The fourth-order valence-corrected chi connectivity index (χ4v) is 1.60.